The van der Waals surface area contributed by atoms with Crippen molar-refractivity contribution in [2.24, 2.45) is 0 Å². The number of nitrogens with zero attached hydrogens (tertiary/aromatic N) is 2. The average molecular weight is 319 g/mol. The van der Waals surface area contributed by atoms with Gasteiger partial charge in [-0.15, -0.1) is 0 Å². The highest BCUT2D eigenvalue weighted by Crippen LogP contribution is 2.44. The van der Waals surface area contributed by atoms with Gasteiger partial charge in [0.15, 0.2) is 0 Å². The van der Waals surface area contributed by atoms with Crippen LogP contribution in [-0.2, 0) is 5.41 Å². The molecule has 3 heterocycles. The van der Waals surface area contributed by atoms with E-state index < -0.39 is 0 Å². The van der Waals surface area contributed by atoms with Crippen molar-refractivity contribution in [2.45, 2.75) is 31.7 Å². The lowest BCUT2D eigenvalue weighted by Gasteiger charge is -2.31. The molecule has 5 heteroatoms. The Morgan fingerprint density at radius 1 is 1.50 bits per heavy atom. The minimum Gasteiger partial charge on any atom is -0.362 e. The standard InChI is InChI=1S/C17H22FN3S/c1-17(2)11-21(15-8-13(18)9-20-16(15)17)14(4-6-19-3)12-5-7-22-10-12/h5,7-10,14,19H,4,6,11H2,1-3H3/t14-/m0/s1. The zero-order chi connectivity index (χ0) is 15.7. The van der Waals surface area contributed by atoms with Crippen molar-refractivity contribution in [3.63, 3.8) is 0 Å². The zero-order valence-corrected chi connectivity index (χ0v) is 14.1. The van der Waals surface area contributed by atoms with Gasteiger partial charge in [0.1, 0.15) is 5.82 Å². The van der Waals surface area contributed by atoms with Crippen LogP contribution in [0.4, 0.5) is 10.1 Å². The van der Waals surface area contributed by atoms with E-state index in [0.717, 1.165) is 30.9 Å². The van der Waals surface area contributed by atoms with Crippen LogP contribution in [0.2, 0.25) is 0 Å². The summed E-state index contributed by atoms with van der Waals surface area (Å²) in [7, 11) is 1.97. The second kappa shape index (κ2) is 5.97. The van der Waals surface area contributed by atoms with Gasteiger partial charge in [-0.3, -0.25) is 4.98 Å². The summed E-state index contributed by atoms with van der Waals surface area (Å²) in [6.45, 7) is 6.15. The predicted octanol–water partition coefficient (Wildman–Crippen LogP) is 3.73. The second-order valence-corrected chi connectivity index (χ2v) is 7.28. The third-order valence-corrected chi connectivity index (χ3v) is 5.02. The van der Waals surface area contributed by atoms with Crippen LogP contribution in [0, 0.1) is 5.82 Å². The summed E-state index contributed by atoms with van der Waals surface area (Å²) in [6.07, 6.45) is 2.32. The lowest BCUT2D eigenvalue weighted by molar-refractivity contribution is 0.491. The van der Waals surface area contributed by atoms with Crippen LogP contribution in [0.15, 0.2) is 29.1 Å². The highest BCUT2D eigenvalue weighted by molar-refractivity contribution is 7.08. The number of hydrogen-bond acceptors (Lipinski definition) is 4. The Labute approximate surface area is 135 Å². The molecule has 1 aliphatic rings. The summed E-state index contributed by atoms with van der Waals surface area (Å²) < 4.78 is 13.7. The molecular weight excluding hydrogens is 297 g/mol. The van der Waals surface area contributed by atoms with Gasteiger partial charge in [0.25, 0.3) is 0 Å². The van der Waals surface area contributed by atoms with E-state index in [1.807, 2.05) is 7.05 Å². The number of nitrogens with one attached hydrogen (secondary N) is 1. The SMILES string of the molecule is CNCC[C@@H](c1ccsc1)N1CC(C)(C)c2ncc(F)cc21. The zero-order valence-electron chi connectivity index (χ0n) is 13.3. The molecule has 2 aromatic rings. The molecule has 2 aromatic heterocycles. The molecular formula is C17H22FN3S. The van der Waals surface area contributed by atoms with Gasteiger partial charge in [-0.2, -0.15) is 11.3 Å². The minimum absolute atomic E-state index is 0.0586. The molecule has 0 unspecified atom stereocenters. The minimum atomic E-state index is -0.265. The average Bonchev–Trinajstić information content (AvgIpc) is 3.07. The normalized spacial score (nSPS) is 17.5. The monoisotopic (exact) mass is 319 g/mol. The van der Waals surface area contributed by atoms with Crippen LogP contribution in [0.25, 0.3) is 0 Å². The molecule has 1 aliphatic heterocycles. The molecule has 0 saturated heterocycles. The van der Waals surface area contributed by atoms with E-state index in [9.17, 15) is 4.39 Å². The molecule has 0 aromatic carbocycles. The largest absolute Gasteiger partial charge is 0.362 e. The summed E-state index contributed by atoms with van der Waals surface area (Å²) in [5.74, 6) is -0.265. The van der Waals surface area contributed by atoms with Gasteiger partial charge in [-0.1, -0.05) is 13.8 Å². The van der Waals surface area contributed by atoms with E-state index in [1.54, 1.807) is 17.4 Å². The Kier molecular flexibility index (Phi) is 4.19. The number of pyridine rings is 1. The van der Waals surface area contributed by atoms with Gasteiger partial charge in [0.05, 0.1) is 23.6 Å². The fourth-order valence-corrected chi connectivity index (χ4v) is 3.99. The molecule has 3 nitrogen and oxygen atoms in total. The third-order valence-electron chi connectivity index (χ3n) is 4.32. The maximum Gasteiger partial charge on any atom is 0.143 e. The number of fused-ring (bicyclic) bond motifs is 1. The van der Waals surface area contributed by atoms with E-state index in [1.165, 1.54) is 11.8 Å². The number of rotatable bonds is 5. The third kappa shape index (κ3) is 2.75. The van der Waals surface area contributed by atoms with Crippen molar-refractivity contribution in [3.8, 4) is 0 Å². The highest BCUT2D eigenvalue weighted by Gasteiger charge is 2.40. The van der Waals surface area contributed by atoms with Gasteiger partial charge < -0.3 is 10.2 Å². The Bertz CT molecular complexity index is 639. The van der Waals surface area contributed by atoms with Gasteiger partial charge in [0, 0.05) is 18.0 Å². The Morgan fingerprint density at radius 2 is 2.32 bits per heavy atom. The highest BCUT2D eigenvalue weighted by atomic mass is 32.1. The van der Waals surface area contributed by atoms with Crippen molar-refractivity contribution < 1.29 is 4.39 Å². The molecule has 0 fully saturated rings. The van der Waals surface area contributed by atoms with Crippen molar-refractivity contribution in [2.75, 3.05) is 25.0 Å². The Morgan fingerprint density at radius 3 is 3.00 bits per heavy atom. The van der Waals surface area contributed by atoms with Crippen molar-refractivity contribution in [3.05, 3.63) is 46.2 Å². The number of halogens is 1. The quantitative estimate of drug-likeness (QED) is 0.910. The fourth-order valence-electron chi connectivity index (χ4n) is 3.28. The Hall–Kier alpha value is -1.46. The smallest absolute Gasteiger partial charge is 0.143 e. The van der Waals surface area contributed by atoms with E-state index in [-0.39, 0.29) is 17.3 Å². The maximum absolute atomic E-state index is 13.7. The summed E-state index contributed by atoms with van der Waals surface area (Å²) in [5.41, 5.74) is 3.18. The molecule has 0 amide bonds. The summed E-state index contributed by atoms with van der Waals surface area (Å²) in [4.78, 5) is 6.70. The number of thiophene rings is 1. The second-order valence-electron chi connectivity index (χ2n) is 6.50. The first-order chi connectivity index (χ1) is 10.5. The van der Waals surface area contributed by atoms with Crippen LogP contribution in [-0.4, -0.2) is 25.1 Å². The molecule has 0 aliphatic carbocycles. The first-order valence-corrected chi connectivity index (χ1v) is 8.56. The number of anilines is 1. The van der Waals surface area contributed by atoms with E-state index >= 15 is 0 Å². The van der Waals surface area contributed by atoms with Gasteiger partial charge in [-0.25, -0.2) is 4.39 Å². The first kappa shape index (κ1) is 15.4. The lowest BCUT2D eigenvalue weighted by Crippen LogP contribution is -2.33. The van der Waals surface area contributed by atoms with Crippen LogP contribution in [0.5, 0.6) is 0 Å². The predicted molar refractivity (Wildman–Crippen MR) is 90.2 cm³/mol. The van der Waals surface area contributed by atoms with Crippen molar-refractivity contribution in [1.82, 2.24) is 10.3 Å². The molecule has 1 N–H and O–H groups in total. The molecule has 0 radical (unpaired) electrons. The van der Waals surface area contributed by atoms with Crippen LogP contribution >= 0.6 is 11.3 Å². The summed E-state index contributed by atoms with van der Waals surface area (Å²) in [6, 6.07) is 4.06. The lowest BCUT2D eigenvalue weighted by atomic mass is 9.91. The topological polar surface area (TPSA) is 28.2 Å². The first-order valence-electron chi connectivity index (χ1n) is 7.62. The van der Waals surface area contributed by atoms with E-state index in [0.29, 0.717) is 0 Å². The van der Waals surface area contributed by atoms with E-state index in [2.05, 4.69) is 45.9 Å². The van der Waals surface area contributed by atoms with Crippen LogP contribution < -0.4 is 10.2 Å². The molecule has 118 valence electrons. The van der Waals surface area contributed by atoms with Crippen molar-refractivity contribution >= 4 is 17.0 Å². The van der Waals surface area contributed by atoms with Crippen molar-refractivity contribution in [1.29, 1.82) is 0 Å². The molecule has 22 heavy (non-hydrogen) atoms. The molecule has 0 saturated carbocycles. The van der Waals surface area contributed by atoms with E-state index in [4.69, 9.17) is 0 Å². The maximum atomic E-state index is 13.7. The number of hydrogen-bond donors (Lipinski definition) is 1. The van der Waals surface area contributed by atoms with Gasteiger partial charge in [0.2, 0.25) is 0 Å². The van der Waals surface area contributed by atoms with Gasteiger partial charge in [-0.05, 0) is 42.4 Å². The summed E-state index contributed by atoms with van der Waals surface area (Å²) in [5, 5.41) is 7.52. The molecule has 0 spiro atoms. The molecule has 3 rings (SSSR count). The number of aromatic nitrogens is 1. The Balaban J connectivity index is 2.01. The molecule has 0 bridgehead atoms. The fraction of sp³-hybridized carbons (Fsp3) is 0.471. The molecule has 1 atom stereocenters. The van der Waals surface area contributed by atoms with Crippen LogP contribution in [0.3, 0.4) is 0 Å². The van der Waals surface area contributed by atoms with Gasteiger partial charge >= 0.3 is 0 Å². The summed E-state index contributed by atoms with van der Waals surface area (Å²) >= 11 is 1.71. The van der Waals surface area contributed by atoms with Crippen LogP contribution in [0.1, 0.15) is 37.6 Å².